The van der Waals surface area contributed by atoms with Crippen molar-refractivity contribution in [3.05, 3.63) is 53.5 Å². The molecule has 0 saturated heterocycles. The Morgan fingerprint density at radius 3 is 2.60 bits per heavy atom. The minimum Gasteiger partial charge on any atom is -0.497 e. The molecule has 0 aliphatic rings. The number of carbonyl (C=O) groups is 1. The monoisotopic (exact) mass is 338 g/mol. The van der Waals surface area contributed by atoms with E-state index in [0.717, 1.165) is 22.7 Å². The van der Waals surface area contributed by atoms with Crippen LogP contribution in [0.1, 0.15) is 42.5 Å². The maximum Gasteiger partial charge on any atom is 0.274 e. The molecule has 6 nitrogen and oxygen atoms in total. The lowest BCUT2D eigenvalue weighted by molar-refractivity contribution is 0.102. The van der Waals surface area contributed by atoms with Crippen LogP contribution in [0.2, 0.25) is 0 Å². The molecule has 2 heterocycles. The maximum absolute atomic E-state index is 12.7. The van der Waals surface area contributed by atoms with Gasteiger partial charge in [-0.3, -0.25) is 4.79 Å². The standard InChI is InChI=1S/C19H22N4O2/c1-12-10-13(25-5)6-7-14(12)22-18(24)15-11-16(19(2,3)4)23-17(21-15)8-9-20-23/h6-11H,1-5H3,(H,22,24). The number of hydrogen-bond donors (Lipinski definition) is 1. The first-order valence-corrected chi connectivity index (χ1v) is 8.11. The minimum absolute atomic E-state index is 0.168. The van der Waals surface area contributed by atoms with Gasteiger partial charge in [0.25, 0.3) is 5.91 Å². The normalized spacial score (nSPS) is 11.6. The summed E-state index contributed by atoms with van der Waals surface area (Å²) in [5.74, 6) is 0.506. The van der Waals surface area contributed by atoms with Crippen LogP contribution in [0.4, 0.5) is 5.69 Å². The van der Waals surface area contributed by atoms with Crippen molar-refractivity contribution >= 4 is 17.2 Å². The zero-order valence-corrected chi connectivity index (χ0v) is 15.1. The summed E-state index contributed by atoms with van der Waals surface area (Å²) in [5, 5.41) is 7.24. The number of ether oxygens (including phenoxy) is 1. The van der Waals surface area contributed by atoms with Crippen LogP contribution in [0.15, 0.2) is 36.5 Å². The summed E-state index contributed by atoms with van der Waals surface area (Å²) >= 11 is 0. The average Bonchev–Trinajstić information content (AvgIpc) is 3.03. The maximum atomic E-state index is 12.7. The first-order valence-electron chi connectivity index (χ1n) is 8.11. The highest BCUT2D eigenvalue weighted by Crippen LogP contribution is 2.25. The molecule has 0 bridgehead atoms. The number of nitrogens with zero attached hydrogens (tertiary/aromatic N) is 3. The molecular formula is C19H22N4O2. The van der Waals surface area contributed by atoms with E-state index in [1.807, 2.05) is 25.1 Å². The Balaban J connectivity index is 1.97. The van der Waals surface area contributed by atoms with E-state index in [9.17, 15) is 4.79 Å². The van der Waals surface area contributed by atoms with E-state index in [0.29, 0.717) is 11.3 Å². The predicted octanol–water partition coefficient (Wildman–Crippen LogP) is 3.60. The summed E-state index contributed by atoms with van der Waals surface area (Å²) in [6.45, 7) is 8.17. The Kier molecular flexibility index (Phi) is 4.20. The molecule has 0 aliphatic heterocycles. The Bertz CT molecular complexity index is 938. The van der Waals surface area contributed by atoms with Crippen LogP contribution in [0.5, 0.6) is 5.75 Å². The summed E-state index contributed by atoms with van der Waals surface area (Å²) in [6.07, 6.45) is 1.69. The number of fused-ring (bicyclic) bond motifs is 1. The molecule has 3 rings (SSSR count). The van der Waals surface area contributed by atoms with Crippen molar-refractivity contribution < 1.29 is 9.53 Å². The fourth-order valence-corrected chi connectivity index (χ4v) is 2.65. The smallest absolute Gasteiger partial charge is 0.274 e. The van der Waals surface area contributed by atoms with Gasteiger partial charge in [-0.2, -0.15) is 5.10 Å². The van der Waals surface area contributed by atoms with Crippen LogP contribution in [-0.2, 0) is 5.41 Å². The third-order valence-corrected chi connectivity index (χ3v) is 4.04. The van der Waals surface area contributed by atoms with Crippen LogP contribution in [-0.4, -0.2) is 27.6 Å². The first kappa shape index (κ1) is 17.0. The molecule has 0 saturated carbocycles. The summed E-state index contributed by atoms with van der Waals surface area (Å²) in [6, 6.07) is 9.12. The Morgan fingerprint density at radius 2 is 1.96 bits per heavy atom. The molecule has 130 valence electrons. The summed E-state index contributed by atoms with van der Waals surface area (Å²) < 4.78 is 6.97. The number of carbonyl (C=O) groups excluding carboxylic acids is 1. The molecule has 25 heavy (non-hydrogen) atoms. The highest BCUT2D eigenvalue weighted by molar-refractivity contribution is 6.03. The van der Waals surface area contributed by atoms with Crippen molar-refractivity contribution in [2.75, 3.05) is 12.4 Å². The van der Waals surface area contributed by atoms with Gasteiger partial charge in [-0.05, 0) is 36.8 Å². The van der Waals surface area contributed by atoms with E-state index >= 15 is 0 Å². The van der Waals surface area contributed by atoms with Crippen molar-refractivity contribution in [3.8, 4) is 5.75 Å². The van der Waals surface area contributed by atoms with Gasteiger partial charge in [0.2, 0.25) is 0 Å². The second-order valence-corrected chi connectivity index (χ2v) is 7.01. The van der Waals surface area contributed by atoms with Crippen molar-refractivity contribution in [1.29, 1.82) is 0 Å². The molecule has 1 aromatic carbocycles. The summed E-state index contributed by atoms with van der Waals surface area (Å²) in [7, 11) is 1.62. The Hall–Kier alpha value is -2.89. The van der Waals surface area contributed by atoms with Crippen molar-refractivity contribution in [3.63, 3.8) is 0 Å². The van der Waals surface area contributed by atoms with Gasteiger partial charge in [0, 0.05) is 17.2 Å². The zero-order chi connectivity index (χ0) is 18.2. The quantitative estimate of drug-likeness (QED) is 0.792. The van der Waals surface area contributed by atoms with E-state index < -0.39 is 0 Å². The fourth-order valence-electron chi connectivity index (χ4n) is 2.65. The molecule has 0 unspecified atom stereocenters. The van der Waals surface area contributed by atoms with Gasteiger partial charge in [0.1, 0.15) is 11.4 Å². The lowest BCUT2D eigenvalue weighted by Crippen LogP contribution is -2.21. The van der Waals surface area contributed by atoms with Crippen molar-refractivity contribution in [1.82, 2.24) is 14.6 Å². The molecule has 0 radical (unpaired) electrons. The van der Waals surface area contributed by atoms with E-state index in [4.69, 9.17) is 4.74 Å². The van der Waals surface area contributed by atoms with Crippen LogP contribution in [0.25, 0.3) is 5.65 Å². The number of anilines is 1. The van der Waals surface area contributed by atoms with E-state index in [1.54, 1.807) is 30.0 Å². The number of nitrogens with one attached hydrogen (secondary N) is 1. The molecule has 6 heteroatoms. The number of hydrogen-bond acceptors (Lipinski definition) is 4. The number of aromatic nitrogens is 3. The molecule has 0 aliphatic carbocycles. The average molecular weight is 338 g/mol. The fraction of sp³-hybridized carbons (Fsp3) is 0.316. The summed E-state index contributed by atoms with van der Waals surface area (Å²) in [4.78, 5) is 17.2. The topological polar surface area (TPSA) is 68.5 Å². The molecular weight excluding hydrogens is 316 g/mol. The van der Waals surface area contributed by atoms with Crippen molar-refractivity contribution in [2.24, 2.45) is 0 Å². The van der Waals surface area contributed by atoms with E-state index in [1.165, 1.54) is 0 Å². The molecule has 1 amide bonds. The van der Waals surface area contributed by atoms with E-state index in [-0.39, 0.29) is 11.3 Å². The summed E-state index contributed by atoms with van der Waals surface area (Å²) in [5.41, 5.74) is 3.45. The second-order valence-electron chi connectivity index (χ2n) is 7.01. The third kappa shape index (κ3) is 3.33. The van der Waals surface area contributed by atoms with Gasteiger partial charge >= 0.3 is 0 Å². The first-order chi connectivity index (χ1) is 11.8. The van der Waals surface area contributed by atoms with Crippen LogP contribution >= 0.6 is 0 Å². The molecule has 0 atom stereocenters. The minimum atomic E-state index is -0.248. The number of benzene rings is 1. The van der Waals surface area contributed by atoms with Crippen LogP contribution in [0, 0.1) is 6.92 Å². The van der Waals surface area contributed by atoms with Crippen LogP contribution in [0.3, 0.4) is 0 Å². The lowest BCUT2D eigenvalue weighted by atomic mass is 9.91. The zero-order valence-electron chi connectivity index (χ0n) is 15.1. The number of aryl methyl sites for hydroxylation is 1. The highest BCUT2D eigenvalue weighted by atomic mass is 16.5. The predicted molar refractivity (Wildman–Crippen MR) is 97.4 cm³/mol. The molecule has 3 aromatic rings. The number of amides is 1. The van der Waals surface area contributed by atoms with Crippen molar-refractivity contribution in [2.45, 2.75) is 33.1 Å². The molecule has 2 aromatic heterocycles. The molecule has 0 fully saturated rings. The largest absolute Gasteiger partial charge is 0.497 e. The van der Waals surface area contributed by atoms with Gasteiger partial charge in [-0.25, -0.2) is 9.50 Å². The second kappa shape index (κ2) is 6.20. The van der Waals surface area contributed by atoms with Gasteiger partial charge in [-0.15, -0.1) is 0 Å². The van der Waals surface area contributed by atoms with Gasteiger partial charge in [-0.1, -0.05) is 20.8 Å². The van der Waals surface area contributed by atoms with Gasteiger partial charge in [0.05, 0.1) is 19.0 Å². The number of rotatable bonds is 3. The Labute approximate surface area is 146 Å². The SMILES string of the molecule is COc1ccc(NC(=O)c2cc(C(C)(C)C)n3nccc3n2)c(C)c1. The third-order valence-electron chi connectivity index (χ3n) is 4.04. The molecule has 0 spiro atoms. The lowest BCUT2D eigenvalue weighted by Gasteiger charge is -2.20. The molecule has 1 N–H and O–H groups in total. The Morgan fingerprint density at radius 1 is 1.20 bits per heavy atom. The van der Waals surface area contributed by atoms with Crippen LogP contribution < -0.4 is 10.1 Å². The van der Waals surface area contributed by atoms with E-state index in [2.05, 4.69) is 36.2 Å². The highest BCUT2D eigenvalue weighted by Gasteiger charge is 2.22. The number of methoxy groups -OCH3 is 1. The van der Waals surface area contributed by atoms with Gasteiger partial charge in [0.15, 0.2) is 5.65 Å². The van der Waals surface area contributed by atoms with Gasteiger partial charge < -0.3 is 10.1 Å².